The van der Waals surface area contributed by atoms with E-state index < -0.39 is 11.8 Å². The predicted octanol–water partition coefficient (Wildman–Crippen LogP) is 3.70. The van der Waals surface area contributed by atoms with Crippen LogP contribution in [0.3, 0.4) is 0 Å². The molecule has 2 rings (SSSR count). The van der Waals surface area contributed by atoms with Gasteiger partial charge in [0.05, 0.1) is 6.61 Å². The van der Waals surface area contributed by atoms with Gasteiger partial charge in [-0.2, -0.15) is 0 Å². The molecule has 0 atom stereocenters. The molecular formula is C15H13FO3S. The van der Waals surface area contributed by atoms with E-state index in [2.05, 4.69) is 0 Å². The number of thioether (sulfide) groups is 1. The van der Waals surface area contributed by atoms with E-state index in [-0.39, 0.29) is 11.3 Å². The normalized spacial score (nSPS) is 10.2. The summed E-state index contributed by atoms with van der Waals surface area (Å²) in [7, 11) is 0. The number of carbonyl (C=O) groups is 1. The number of hydrogen-bond acceptors (Lipinski definition) is 3. The standard InChI is InChI=1S/C15H13FO3S/c16-11-6-7-14(13(10-11)15(17)18)19-8-9-20-12-4-2-1-3-5-12/h1-7,10H,8-9H2,(H,17,18). The van der Waals surface area contributed by atoms with Gasteiger partial charge in [-0.1, -0.05) is 18.2 Å². The summed E-state index contributed by atoms with van der Waals surface area (Å²) in [6, 6.07) is 13.3. The van der Waals surface area contributed by atoms with E-state index in [1.54, 1.807) is 11.8 Å². The van der Waals surface area contributed by atoms with Crippen molar-refractivity contribution in [3.63, 3.8) is 0 Å². The van der Waals surface area contributed by atoms with Crippen molar-refractivity contribution in [2.75, 3.05) is 12.4 Å². The third-order valence-corrected chi connectivity index (χ3v) is 3.50. The predicted molar refractivity (Wildman–Crippen MR) is 76.0 cm³/mol. The first-order valence-electron chi connectivity index (χ1n) is 6.00. The monoisotopic (exact) mass is 292 g/mol. The summed E-state index contributed by atoms with van der Waals surface area (Å²) in [6.07, 6.45) is 0. The Bertz CT molecular complexity index is 587. The topological polar surface area (TPSA) is 46.5 Å². The van der Waals surface area contributed by atoms with Crippen LogP contribution in [0.4, 0.5) is 4.39 Å². The van der Waals surface area contributed by atoms with E-state index in [1.165, 1.54) is 12.1 Å². The van der Waals surface area contributed by atoms with E-state index in [9.17, 15) is 9.18 Å². The van der Waals surface area contributed by atoms with Gasteiger partial charge in [-0.05, 0) is 30.3 Å². The van der Waals surface area contributed by atoms with E-state index in [0.717, 1.165) is 11.0 Å². The Hall–Kier alpha value is -2.01. The molecule has 104 valence electrons. The van der Waals surface area contributed by atoms with Crippen LogP contribution in [0.25, 0.3) is 0 Å². The van der Waals surface area contributed by atoms with Gasteiger partial charge in [0.1, 0.15) is 17.1 Å². The Balaban J connectivity index is 1.90. The first-order valence-corrected chi connectivity index (χ1v) is 6.99. The molecule has 0 aliphatic heterocycles. The van der Waals surface area contributed by atoms with Gasteiger partial charge in [-0.15, -0.1) is 11.8 Å². The summed E-state index contributed by atoms with van der Waals surface area (Å²) in [5.74, 6) is -0.920. The SMILES string of the molecule is O=C(O)c1cc(F)ccc1OCCSc1ccccc1. The third kappa shape index (κ3) is 3.99. The molecule has 0 bridgehead atoms. The number of carboxylic acids is 1. The fourth-order valence-corrected chi connectivity index (χ4v) is 2.38. The highest BCUT2D eigenvalue weighted by atomic mass is 32.2. The number of ether oxygens (including phenoxy) is 1. The van der Waals surface area contributed by atoms with Crippen molar-refractivity contribution in [1.82, 2.24) is 0 Å². The molecule has 3 nitrogen and oxygen atoms in total. The van der Waals surface area contributed by atoms with Crippen molar-refractivity contribution in [1.29, 1.82) is 0 Å². The van der Waals surface area contributed by atoms with Crippen LogP contribution in [0.15, 0.2) is 53.4 Å². The van der Waals surface area contributed by atoms with Gasteiger partial charge in [0.2, 0.25) is 0 Å². The molecule has 0 saturated heterocycles. The van der Waals surface area contributed by atoms with Crippen molar-refractivity contribution in [2.24, 2.45) is 0 Å². The molecule has 0 amide bonds. The van der Waals surface area contributed by atoms with Gasteiger partial charge >= 0.3 is 5.97 Å². The minimum Gasteiger partial charge on any atom is -0.492 e. The summed E-state index contributed by atoms with van der Waals surface area (Å²) < 4.78 is 18.4. The van der Waals surface area contributed by atoms with E-state index in [4.69, 9.17) is 9.84 Å². The molecule has 2 aromatic rings. The van der Waals surface area contributed by atoms with Crippen molar-refractivity contribution in [2.45, 2.75) is 4.90 Å². The third-order valence-electron chi connectivity index (χ3n) is 2.52. The van der Waals surface area contributed by atoms with Crippen LogP contribution in [-0.2, 0) is 0 Å². The lowest BCUT2D eigenvalue weighted by Crippen LogP contribution is -2.06. The first-order chi connectivity index (χ1) is 9.66. The van der Waals surface area contributed by atoms with Crippen molar-refractivity contribution >= 4 is 17.7 Å². The van der Waals surface area contributed by atoms with Gasteiger partial charge in [-0.25, -0.2) is 9.18 Å². The van der Waals surface area contributed by atoms with Crippen molar-refractivity contribution in [3.05, 3.63) is 59.9 Å². The lowest BCUT2D eigenvalue weighted by molar-refractivity contribution is 0.0692. The zero-order valence-corrected chi connectivity index (χ0v) is 11.4. The van der Waals surface area contributed by atoms with E-state index in [0.29, 0.717) is 12.4 Å². The molecule has 0 aliphatic carbocycles. The number of rotatable bonds is 6. The minimum atomic E-state index is -1.20. The van der Waals surface area contributed by atoms with Crippen LogP contribution in [0.2, 0.25) is 0 Å². The van der Waals surface area contributed by atoms with Crippen LogP contribution in [0.1, 0.15) is 10.4 Å². The highest BCUT2D eigenvalue weighted by Gasteiger charge is 2.12. The second-order valence-electron chi connectivity index (χ2n) is 3.96. The summed E-state index contributed by atoms with van der Waals surface area (Å²) in [6.45, 7) is 0.353. The average molecular weight is 292 g/mol. The van der Waals surface area contributed by atoms with Crippen LogP contribution in [-0.4, -0.2) is 23.4 Å². The van der Waals surface area contributed by atoms with Gasteiger partial charge < -0.3 is 9.84 Å². The van der Waals surface area contributed by atoms with E-state index in [1.807, 2.05) is 30.3 Å². The summed E-state index contributed by atoms with van der Waals surface area (Å²) >= 11 is 1.61. The Labute approximate surface area is 120 Å². The molecule has 0 heterocycles. The zero-order chi connectivity index (χ0) is 14.4. The minimum absolute atomic E-state index is 0.158. The number of hydrogen-bond donors (Lipinski definition) is 1. The van der Waals surface area contributed by atoms with Gasteiger partial charge in [-0.3, -0.25) is 0 Å². The van der Waals surface area contributed by atoms with Crippen LogP contribution >= 0.6 is 11.8 Å². The number of benzene rings is 2. The molecule has 0 aromatic heterocycles. The van der Waals surface area contributed by atoms with Crippen molar-refractivity contribution in [3.8, 4) is 5.75 Å². The molecule has 2 aromatic carbocycles. The quantitative estimate of drug-likeness (QED) is 0.651. The highest BCUT2D eigenvalue weighted by Crippen LogP contribution is 2.21. The lowest BCUT2D eigenvalue weighted by Gasteiger charge is -2.09. The molecule has 5 heteroatoms. The maximum Gasteiger partial charge on any atom is 0.339 e. The highest BCUT2D eigenvalue weighted by molar-refractivity contribution is 7.99. The molecule has 0 fully saturated rings. The Morgan fingerprint density at radius 3 is 2.65 bits per heavy atom. The number of halogens is 1. The Morgan fingerprint density at radius 2 is 1.95 bits per heavy atom. The van der Waals surface area contributed by atoms with E-state index >= 15 is 0 Å². The molecule has 20 heavy (non-hydrogen) atoms. The Kier molecular flexibility index (Phi) is 5.01. The zero-order valence-electron chi connectivity index (χ0n) is 10.6. The van der Waals surface area contributed by atoms with Crippen molar-refractivity contribution < 1.29 is 19.0 Å². The Morgan fingerprint density at radius 1 is 1.20 bits per heavy atom. The average Bonchev–Trinajstić information content (AvgIpc) is 2.45. The maximum absolute atomic E-state index is 13.0. The lowest BCUT2D eigenvalue weighted by atomic mass is 10.2. The smallest absolute Gasteiger partial charge is 0.339 e. The fraction of sp³-hybridized carbons (Fsp3) is 0.133. The van der Waals surface area contributed by atoms with Gasteiger partial charge in [0.15, 0.2) is 0 Å². The molecule has 0 spiro atoms. The second kappa shape index (κ2) is 6.96. The van der Waals surface area contributed by atoms with Crippen LogP contribution < -0.4 is 4.74 Å². The fourth-order valence-electron chi connectivity index (χ4n) is 1.62. The maximum atomic E-state index is 13.0. The van der Waals surface area contributed by atoms with Crippen LogP contribution in [0, 0.1) is 5.82 Å². The largest absolute Gasteiger partial charge is 0.492 e. The van der Waals surface area contributed by atoms with Gasteiger partial charge in [0.25, 0.3) is 0 Å². The number of carboxylic acid groups (broad SMARTS) is 1. The molecule has 0 unspecified atom stereocenters. The van der Waals surface area contributed by atoms with Crippen LogP contribution in [0.5, 0.6) is 5.75 Å². The van der Waals surface area contributed by atoms with Gasteiger partial charge in [0, 0.05) is 10.6 Å². The molecule has 1 N–H and O–H groups in total. The summed E-state index contributed by atoms with van der Waals surface area (Å²) in [5, 5.41) is 8.97. The molecule has 0 radical (unpaired) electrons. The second-order valence-corrected chi connectivity index (χ2v) is 5.12. The first kappa shape index (κ1) is 14.4. The molecular weight excluding hydrogens is 279 g/mol. The molecule has 0 aliphatic rings. The number of aromatic carboxylic acids is 1. The summed E-state index contributed by atoms with van der Waals surface area (Å²) in [4.78, 5) is 12.1. The summed E-state index contributed by atoms with van der Waals surface area (Å²) in [5.41, 5.74) is -0.158. The molecule has 0 saturated carbocycles.